The molecule has 0 spiro atoms. The van der Waals surface area contributed by atoms with E-state index in [4.69, 9.17) is 4.42 Å². The SMILES string of the molecule is c1cc(-c2cc3ccccc3o2)cc(-c2ccc(N(c3ccc(-c4ccc5ccccc5c4)cc3)c3ccc4ccccc4c3)c3ccccc23)c1. The van der Waals surface area contributed by atoms with Crippen molar-refractivity contribution in [2.24, 2.45) is 0 Å². The minimum Gasteiger partial charge on any atom is -0.456 e. The molecule has 1 aromatic heterocycles. The number of anilines is 3. The number of hydrogen-bond acceptors (Lipinski definition) is 2. The monoisotopic (exact) mass is 663 g/mol. The first-order chi connectivity index (χ1) is 25.7. The van der Waals surface area contributed by atoms with Crippen molar-refractivity contribution in [2.75, 3.05) is 4.90 Å². The van der Waals surface area contributed by atoms with Gasteiger partial charge in [-0.2, -0.15) is 0 Å². The van der Waals surface area contributed by atoms with E-state index in [0.29, 0.717) is 0 Å². The molecule has 0 aliphatic heterocycles. The molecule has 244 valence electrons. The Bertz CT molecular complexity index is 2880. The van der Waals surface area contributed by atoms with Crippen LogP contribution in [-0.2, 0) is 0 Å². The maximum Gasteiger partial charge on any atom is 0.135 e. The van der Waals surface area contributed by atoms with Gasteiger partial charge in [0.05, 0.1) is 5.69 Å². The van der Waals surface area contributed by atoms with Crippen LogP contribution in [0, 0.1) is 0 Å². The van der Waals surface area contributed by atoms with E-state index in [-0.39, 0.29) is 0 Å². The molecule has 0 radical (unpaired) electrons. The van der Waals surface area contributed by atoms with E-state index >= 15 is 0 Å². The summed E-state index contributed by atoms with van der Waals surface area (Å²) in [6.07, 6.45) is 0. The van der Waals surface area contributed by atoms with Gasteiger partial charge in [-0.15, -0.1) is 0 Å². The summed E-state index contributed by atoms with van der Waals surface area (Å²) >= 11 is 0. The zero-order valence-electron chi connectivity index (χ0n) is 28.4. The molecule has 52 heavy (non-hydrogen) atoms. The zero-order valence-corrected chi connectivity index (χ0v) is 28.4. The van der Waals surface area contributed by atoms with Crippen LogP contribution in [-0.4, -0.2) is 0 Å². The number of fused-ring (bicyclic) bond motifs is 4. The molecule has 0 saturated heterocycles. The lowest BCUT2D eigenvalue weighted by Gasteiger charge is -2.28. The third-order valence-corrected chi connectivity index (χ3v) is 10.2. The molecule has 0 aliphatic rings. The van der Waals surface area contributed by atoms with Crippen LogP contribution in [0.4, 0.5) is 17.1 Å². The van der Waals surface area contributed by atoms with E-state index in [1.54, 1.807) is 0 Å². The fourth-order valence-corrected chi connectivity index (χ4v) is 7.61. The molecule has 0 fully saturated rings. The maximum absolute atomic E-state index is 6.26. The molecular weight excluding hydrogens is 631 g/mol. The predicted molar refractivity (Wildman–Crippen MR) is 220 cm³/mol. The molecule has 0 amide bonds. The molecule has 9 aromatic carbocycles. The van der Waals surface area contributed by atoms with E-state index < -0.39 is 0 Å². The van der Waals surface area contributed by atoms with Crippen molar-refractivity contribution >= 4 is 60.3 Å². The lowest BCUT2D eigenvalue weighted by molar-refractivity contribution is 0.631. The largest absolute Gasteiger partial charge is 0.456 e. The molecule has 2 heteroatoms. The van der Waals surface area contributed by atoms with Crippen LogP contribution in [0.3, 0.4) is 0 Å². The molecule has 0 saturated carbocycles. The van der Waals surface area contributed by atoms with Gasteiger partial charge in [0.15, 0.2) is 0 Å². The van der Waals surface area contributed by atoms with Crippen LogP contribution < -0.4 is 4.90 Å². The fraction of sp³-hybridized carbons (Fsp3) is 0. The average Bonchev–Trinajstić information content (AvgIpc) is 3.66. The Balaban J connectivity index is 1.10. The first kappa shape index (κ1) is 30.0. The zero-order chi connectivity index (χ0) is 34.4. The summed E-state index contributed by atoms with van der Waals surface area (Å²) in [6.45, 7) is 0. The number of hydrogen-bond donors (Lipinski definition) is 0. The Kier molecular flexibility index (Phi) is 7.18. The molecule has 0 N–H and O–H groups in total. The Morgan fingerprint density at radius 2 is 0.942 bits per heavy atom. The Morgan fingerprint density at radius 1 is 0.327 bits per heavy atom. The molecule has 0 bridgehead atoms. The van der Waals surface area contributed by atoms with Crippen molar-refractivity contribution in [3.63, 3.8) is 0 Å². The van der Waals surface area contributed by atoms with Crippen LogP contribution in [0.5, 0.6) is 0 Å². The van der Waals surface area contributed by atoms with Crippen molar-refractivity contribution in [3.05, 3.63) is 200 Å². The first-order valence-corrected chi connectivity index (χ1v) is 17.7. The summed E-state index contributed by atoms with van der Waals surface area (Å²) in [5.41, 5.74) is 10.0. The topological polar surface area (TPSA) is 16.4 Å². The first-order valence-electron chi connectivity index (χ1n) is 17.7. The number of para-hydroxylation sites is 1. The van der Waals surface area contributed by atoms with Gasteiger partial charge in [-0.25, -0.2) is 0 Å². The predicted octanol–water partition coefficient (Wildman–Crippen LogP) is 14.4. The molecule has 10 aromatic rings. The second-order valence-electron chi connectivity index (χ2n) is 13.4. The van der Waals surface area contributed by atoms with E-state index in [0.717, 1.165) is 44.9 Å². The van der Waals surface area contributed by atoms with Crippen molar-refractivity contribution < 1.29 is 4.42 Å². The van der Waals surface area contributed by atoms with E-state index in [1.807, 2.05) is 18.2 Å². The summed E-state index contributed by atoms with van der Waals surface area (Å²) in [5, 5.41) is 8.42. The quantitative estimate of drug-likeness (QED) is 0.176. The Hall–Kier alpha value is -6.90. The highest BCUT2D eigenvalue weighted by atomic mass is 16.3. The molecule has 2 nitrogen and oxygen atoms in total. The third-order valence-electron chi connectivity index (χ3n) is 10.2. The molecule has 1 heterocycles. The molecule has 10 rings (SSSR count). The number of nitrogens with zero attached hydrogens (tertiary/aromatic N) is 1. The number of rotatable bonds is 6. The highest BCUT2D eigenvalue weighted by Gasteiger charge is 2.18. The van der Waals surface area contributed by atoms with Gasteiger partial charge in [0, 0.05) is 27.7 Å². The van der Waals surface area contributed by atoms with Gasteiger partial charge < -0.3 is 9.32 Å². The van der Waals surface area contributed by atoms with Crippen LogP contribution in [0.15, 0.2) is 205 Å². The molecule has 0 aliphatic carbocycles. The average molecular weight is 664 g/mol. The van der Waals surface area contributed by atoms with Gasteiger partial charge in [-0.1, -0.05) is 146 Å². The van der Waals surface area contributed by atoms with E-state index in [1.165, 1.54) is 49.0 Å². The van der Waals surface area contributed by atoms with Crippen LogP contribution in [0.2, 0.25) is 0 Å². The van der Waals surface area contributed by atoms with Crippen molar-refractivity contribution in [2.45, 2.75) is 0 Å². The minimum atomic E-state index is 0.874. The molecular formula is C50H33NO. The summed E-state index contributed by atoms with van der Waals surface area (Å²) in [7, 11) is 0. The van der Waals surface area contributed by atoms with Crippen LogP contribution in [0.1, 0.15) is 0 Å². The molecule has 0 atom stereocenters. The second kappa shape index (κ2) is 12.5. The Labute approximate surface area is 302 Å². The normalized spacial score (nSPS) is 11.5. The van der Waals surface area contributed by atoms with Crippen molar-refractivity contribution in [3.8, 4) is 33.6 Å². The summed E-state index contributed by atoms with van der Waals surface area (Å²) < 4.78 is 6.26. The summed E-state index contributed by atoms with van der Waals surface area (Å²) in [5.74, 6) is 0.874. The highest BCUT2D eigenvalue weighted by Crippen LogP contribution is 2.43. The number of furan rings is 1. The lowest BCUT2D eigenvalue weighted by Crippen LogP contribution is -2.10. The number of benzene rings is 9. The van der Waals surface area contributed by atoms with E-state index in [2.05, 4.69) is 187 Å². The van der Waals surface area contributed by atoms with Gasteiger partial charge in [0.1, 0.15) is 11.3 Å². The van der Waals surface area contributed by atoms with Gasteiger partial charge in [0.2, 0.25) is 0 Å². The smallest absolute Gasteiger partial charge is 0.135 e. The van der Waals surface area contributed by atoms with Crippen molar-refractivity contribution in [1.29, 1.82) is 0 Å². The fourth-order valence-electron chi connectivity index (χ4n) is 7.61. The van der Waals surface area contributed by atoms with Crippen LogP contribution in [0.25, 0.3) is 76.9 Å². The maximum atomic E-state index is 6.26. The van der Waals surface area contributed by atoms with Gasteiger partial charge >= 0.3 is 0 Å². The lowest BCUT2D eigenvalue weighted by atomic mass is 9.94. The Morgan fingerprint density at radius 3 is 1.73 bits per heavy atom. The standard InChI is InChI=1S/C50H33NO/c1-3-12-37-30-39(21-20-34(37)10-1)36-22-25-43(26-23-36)51(44-27-24-35-11-2-4-13-38(35)32-44)48-29-28-45(46-17-6-7-18-47(46)48)40-15-9-16-41(31-40)50-33-42-14-5-8-19-49(42)52-50/h1-33H. The van der Waals surface area contributed by atoms with Crippen molar-refractivity contribution in [1.82, 2.24) is 0 Å². The highest BCUT2D eigenvalue weighted by molar-refractivity contribution is 6.07. The second-order valence-corrected chi connectivity index (χ2v) is 13.4. The summed E-state index contributed by atoms with van der Waals surface area (Å²) in [4.78, 5) is 2.40. The third kappa shape index (κ3) is 5.30. The van der Waals surface area contributed by atoms with E-state index in [9.17, 15) is 0 Å². The summed E-state index contributed by atoms with van der Waals surface area (Å²) in [6, 6.07) is 71.8. The minimum absolute atomic E-state index is 0.874. The molecule has 0 unspecified atom stereocenters. The van der Waals surface area contributed by atoms with Gasteiger partial charge in [-0.05, 0) is 104 Å². The van der Waals surface area contributed by atoms with Gasteiger partial charge in [-0.3, -0.25) is 0 Å². The van der Waals surface area contributed by atoms with Crippen LogP contribution >= 0.6 is 0 Å². The van der Waals surface area contributed by atoms with Gasteiger partial charge in [0.25, 0.3) is 0 Å².